The van der Waals surface area contributed by atoms with Crippen LogP contribution in [0.4, 0.5) is 29.1 Å². The molecule has 0 fully saturated rings. The predicted octanol–water partition coefficient (Wildman–Crippen LogP) is 6.41. The van der Waals surface area contributed by atoms with Crippen LogP contribution < -0.4 is 19.5 Å². The van der Waals surface area contributed by atoms with Crippen molar-refractivity contribution in [2.75, 3.05) is 26.6 Å². The van der Waals surface area contributed by atoms with E-state index in [0.29, 0.717) is 46.3 Å². The molecule has 39 heavy (non-hydrogen) atoms. The lowest BCUT2D eigenvalue weighted by Crippen LogP contribution is -2.09. The molecule has 4 aromatic rings. The highest BCUT2D eigenvalue weighted by Gasteiger charge is 2.34. The monoisotopic (exact) mass is 545 g/mol. The Hall–Kier alpha value is -4.35. The zero-order valence-corrected chi connectivity index (χ0v) is 22.0. The molecule has 0 aliphatic heterocycles. The summed E-state index contributed by atoms with van der Waals surface area (Å²) in [5.41, 5.74) is 1.12. The quantitative estimate of drug-likeness (QED) is 0.243. The highest BCUT2D eigenvalue weighted by atomic mass is 19.4. The molecule has 0 saturated carbocycles. The van der Waals surface area contributed by atoms with E-state index in [1.807, 2.05) is 6.92 Å². The first-order valence-corrected chi connectivity index (χ1v) is 11.9. The van der Waals surface area contributed by atoms with Crippen LogP contribution in [0.3, 0.4) is 0 Å². The van der Waals surface area contributed by atoms with E-state index in [4.69, 9.17) is 14.2 Å². The number of anilines is 2. The van der Waals surface area contributed by atoms with Crippen LogP contribution in [0.25, 0.3) is 23.2 Å². The number of nitrogens with one attached hydrogen (secondary N) is 1. The van der Waals surface area contributed by atoms with Crippen molar-refractivity contribution in [2.24, 2.45) is 7.05 Å². The molecule has 12 heteroatoms. The van der Waals surface area contributed by atoms with Crippen LogP contribution in [-0.2, 0) is 19.6 Å². The summed E-state index contributed by atoms with van der Waals surface area (Å²) in [6.07, 6.45) is -0.0102. The molecule has 0 saturated heterocycles. The number of aryl methyl sites for hydroxylation is 2. The summed E-state index contributed by atoms with van der Waals surface area (Å²) in [6.45, 7) is 2.00. The zero-order chi connectivity index (χ0) is 28.3. The Labute approximate surface area is 222 Å². The van der Waals surface area contributed by atoms with Gasteiger partial charge in [-0.2, -0.15) is 18.3 Å². The summed E-state index contributed by atoms with van der Waals surface area (Å²) in [6, 6.07) is 6.18. The molecule has 8 nitrogen and oxygen atoms in total. The van der Waals surface area contributed by atoms with Crippen molar-refractivity contribution in [2.45, 2.75) is 25.9 Å². The van der Waals surface area contributed by atoms with Crippen molar-refractivity contribution in [1.29, 1.82) is 0 Å². The van der Waals surface area contributed by atoms with Gasteiger partial charge in [-0.1, -0.05) is 19.4 Å². The van der Waals surface area contributed by atoms with Gasteiger partial charge in [0, 0.05) is 12.7 Å². The zero-order valence-electron chi connectivity index (χ0n) is 22.0. The molecule has 0 aliphatic carbocycles. The maximum Gasteiger partial charge on any atom is 0.419 e. The van der Waals surface area contributed by atoms with Crippen molar-refractivity contribution in [1.82, 2.24) is 19.7 Å². The average Bonchev–Trinajstić information content (AvgIpc) is 3.22. The second-order valence-corrected chi connectivity index (χ2v) is 8.56. The van der Waals surface area contributed by atoms with Crippen molar-refractivity contribution in [3.05, 3.63) is 58.8 Å². The van der Waals surface area contributed by atoms with Gasteiger partial charge in [0.2, 0.25) is 5.75 Å². The molecular weight excluding hydrogens is 518 g/mol. The molecule has 0 amide bonds. The predicted molar refractivity (Wildman–Crippen MR) is 140 cm³/mol. The molecule has 0 radical (unpaired) electrons. The van der Waals surface area contributed by atoms with Crippen LogP contribution in [0, 0.1) is 5.82 Å². The molecule has 0 aliphatic rings. The third-order valence-electron chi connectivity index (χ3n) is 5.90. The number of hydrogen-bond acceptors (Lipinski definition) is 7. The number of ether oxygens (including phenoxy) is 3. The maximum atomic E-state index is 13.9. The second kappa shape index (κ2) is 11.2. The number of aromatic nitrogens is 4. The lowest BCUT2D eigenvalue weighted by Gasteiger charge is -2.13. The summed E-state index contributed by atoms with van der Waals surface area (Å²) in [7, 11) is 6.23. The third-order valence-corrected chi connectivity index (χ3v) is 5.90. The molecule has 0 unspecified atom stereocenters. The first kappa shape index (κ1) is 27.7. The fourth-order valence-electron chi connectivity index (χ4n) is 4.15. The first-order valence-electron chi connectivity index (χ1n) is 11.9. The van der Waals surface area contributed by atoms with Gasteiger partial charge in [-0.3, -0.25) is 4.68 Å². The molecule has 206 valence electrons. The summed E-state index contributed by atoms with van der Waals surface area (Å²) in [5, 5.41) is 7.44. The minimum absolute atomic E-state index is 0.0153. The molecule has 4 rings (SSSR count). The van der Waals surface area contributed by atoms with Crippen LogP contribution in [-0.4, -0.2) is 41.1 Å². The van der Waals surface area contributed by atoms with Gasteiger partial charge in [-0.25, -0.2) is 14.4 Å². The van der Waals surface area contributed by atoms with Gasteiger partial charge in [0.1, 0.15) is 16.9 Å². The van der Waals surface area contributed by atoms with Crippen LogP contribution in [0.15, 0.2) is 30.3 Å². The minimum atomic E-state index is -4.85. The van der Waals surface area contributed by atoms with Gasteiger partial charge in [0.05, 0.1) is 32.6 Å². The Morgan fingerprint density at radius 1 is 0.974 bits per heavy atom. The van der Waals surface area contributed by atoms with Crippen LogP contribution in [0.1, 0.15) is 36.0 Å². The number of methoxy groups -OCH3 is 3. The second-order valence-electron chi connectivity index (χ2n) is 8.56. The van der Waals surface area contributed by atoms with Gasteiger partial charge >= 0.3 is 6.18 Å². The number of alkyl halides is 3. The summed E-state index contributed by atoms with van der Waals surface area (Å²) < 4.78 is 71.5. The average molecular weight is 546 g/mol. The first-order chi connectivity index (χ1) is 18.6. The van der Waals surface area contributed by atoms with Crippen molar-refractivity contribution >= 4 is 34.7 Å². The van der Waals surface area contributed by atoms with Crippen molar-refractivity contribution in [3.63, 3.8) is 0 Å². The molecule has 0 atom stereocenters. The Kier molecular flexibility index (Phi) is 7.93. The van der Waals surface area contributed by atoms with Crippen LogP contribution in [0.5, 0.6) is 17.2 Å². The number of rotatable bonds is 9. The minimum Gasteiger partial charge on any atom is -0.493 e. The molecule has 2 aromatic carbocycles. The Morgan fingerprint density at radius 3 is 2.26 bits per heavy atom. The lowest BCUT2D eigenvalue weighted by molar-refractivity contribution is -0.139. The smallest absolute Gasteiger partial charge is 0.419 e. The molecule has 2 heterocycles. The molecule has 0 spiro atoms. The Morgan fingerprint density at radius 2 is 1.67 bits per heavy atom. The topological polar surface area (TPSA) is 83.3 Å². The standard InChI is InChI=1S/C27H27F4N5O3/c1-6-7-19-23-24(36(2)35-19)26(32-16-9-10-18(28)17(14-16)27(29,30)31)34-22(33-23)11-8-15-12-20(37-3)25(39-5)21(13-15)38-4/h8-14H,6-7H2,1-5H3,(H,32,33,34)/b11-8+. The molecule has 1 N–H and O–H groups in total. The maximum absolute atomic E-state index is 13.9. The normalized spacial score (nSPS) is 11.8. The van der Waals surface area contributed by atoms with Crippen LogP contribution in [0.2, 0.25) is 0 Å². The summed E-state index contributed by atoms with van der Waals surface area (Å²) in [4.78, 5) is 9.22. The fraction of sp³-hybridized carbons (Fsp3) is 0.296. The van der Waals surface area contributed by atoms with Gasteiger partial charge in [-0.15, -0.1) is 0 Å². The Balaban J connectivity index is 1.82. The van der Waals surface area contributed by atoms with E-state index in [1.54, 1.807) is 36.0 Å². The Bertz CT molecular complexity index is 1510. The number of benzene rings is 2. The third kappa shape index (κ3) is 5.74. The van der Waals surface area contributed by atoms with Gasteiger partial charge in [0.25, 0.3) is 0 Å². The summed E-state index contributed by atoms with van der Waals surface area (Å²) >= 11 is 0. The van der Waals surface area contributed by atoms with E-state index in [1.165, 1.54) is 27.4 Å². The van der Waals surface area contributed by atoms with E-state index in [-0.39, 0.29) is 17.3 Å². The summed E-state index contributed by atoms with van der Waals surface area (Å²) in [5.74, 6) is 0.511. The highest BCUT2D eigenvalue weighted by Crippen LogP contribution is 2.39. The van der Waals surface area contributed by atoms with E-state index < -0.39 is 17.6 Å². The lowest BCUT2D eigenvalue weighted by atomic mass is 10.1. The van der Waals surface area contributed by atoms with Gasteiger partial charge < -0.3 is 19.5 Å². The molecule has 2 aromatic heterocycles. The molecule has 0 bridgehead atoms. The van der Waals surface area contributed by atoms with E-state index >= 15 is 0 Å². The van der Waals surface area contributed by atoms with E-state index in [2.05, 4.69) is 20.4 Å². The van der Waals surface area contributed by atoms with E-state index in [0.717, 1.165) is 18.2 Å². The number of halogens is 4. The number of fused-ring (bicyclic) bond motifs is 1. The van der Waals surface area contributed by atoms with Gasteiger partial charge in [0.15, 0.2) is 23.1 Å². The van der Waals surface area contributed by atoms with Crippen molar-refractivity contribution < 1.29 is 31.8 Å². The number of hydrogen-bond donors (Lipinski definition) is 1. The van der Waals surface area contributed by atoms with Gasteiger partial charge in [-0.05, 0) is 48.4 Å². The molecular formula is C27H27F4N5O3. The SMILES string of the molecule is CCCc1nn(C)c2c(Nc3ccc(F)c(C(F)(F)F)c3)nc(/C=C/c3cc(OC)c(OC)c(OC)c3)nc12. The van der Waals surface area contributed by atoms with E-state index in [9.17, 15) is 17.6 Å². The number of nitrogens with zero attached hydrogens (tertiary/aromatic N) is 4. The largest absolute Gasteiger partial charge is 0.493 e. The van der Waals surface area contributed by atoms with Crippen LogP contribution >= 0.6 is 0 Å². The van der Waals surface area contributed by atoms with Crippen molar-refractivity contribution in [3.8, 4) is 17.2 Å². The fourth-order valence-corrected chi connectivity index (χ4v) is 4.15. The highest BCUT2D eigenvalue weighted by molar-refractivity contribution is 5.90.